The average molecular weight is 457 g/mol. The van der Waals surface area contributed by atoms with Crippen LogP contribution in [0.2, 0.25) is 0 Å². The van der Waals surface area contributed by atoms with Gasteiger partial charge < -0.3 is 5.11 Å². The minimum atomic E-state index is -4.37. The van der Waals surface area contributed by atoms with Gasteiger partial charge in [-0.2, -0.15) is 8.42 Å². The second-order valence-corrected chi connectivity index (χ2v) is 13.0. The Morgan fingerprint density at radius 2 is 1.71 bits per heavy atom. The van der Waals surface area contributed by atoms with E-state index in [2.05, 4.69) is 31.9 Å². The summed E-state index contributed by atoms with van der Waals surface area (Å²) in [5.74, 6) is 3.60. The first-order valence-corrected chi connectivity index (χ1v) is 14.2. The summed E-state index contributed by atoms with van der Waals surface area (Å²) in [6.45, 7) is 9.55. The van der Waals surface area contributed by atoms with Crippen LogP contribution in [-0.2, 0) is 14.6 Å². The molecule has 4 fully saturated rings. The first-order chi connectivity index (χ1) is 14.5. The molecule has 0 aromatic rings. The maximum absolute atomic E-state index is 11.7. The van der Waals surface area contributed by atoms with Gasteiger partial charge in [0.15, 0.2) is 0 Å². The molecule has 0 aromatic carbocycles. The number of aliphatic hydroxyl groups is 1. The van der Waals surface area contributed by atoms with Crippen molar-refractivity contribution in [2.45, 2.75) is 98.0 Å². The molecule has 0 saturated heterocycles. The van der Waals surface area contributed by atoms with Crippen LogP contribution in [0.4, 0.5) is 0 Å². The van der Waals surface area contributed by atoms with E-state index in [9.17, 15) is 13.5 Å². The summed E-state index contributed by atoms with van der Waals surface area (Å²) in [4.78, 5) is 0. The lowest BCUT2D eigenvalue weighted by molar-refractivity contribution is -0.194. The van der Waals surface area contributed by atoms with Crippen LogP contribution in [0, 0.1) is 52.3 Å². The van der Waals surface area contributed by atoms with Crippen molar-refractivity contribution in [2.24, 2.45) is 52.3 Å². The maximum atomic E-state index is 11.7. The molecule has 0 aliphatic heterocycles. The highest BCUT2D eigenvalue weighted by Crippen LogP contribution is 2.69. The van der Waals surface area contributed by atoms with Crippen molar-refractivity contribution < 1.29 is 22.3 Å². The van der Waals surface area contributed by atoms with Gasteiger partial charge >= 0.3 is 10.4 Å². The highest BCUT2D eigenvalue weighted by molar-refractivity contribution is 7.80. The SMILES string of the molecule is CC[C@H]1[C@@H](O)C2C3CCC(C(C)CCOS(=O)(=O)O)[C@@]3(C)CCC2[C@@]2(C)CCCC[C@@H]12. The molecule has 0 bridgehead atoms. The molecule has 31 heavy (non-hydrogen) atoms. The fraction of sp³-hybridized carbons (Fsp3) is 1.00. The Hall–Kier alpha value is -0.170. The third-order valence-electron chi connectivity index (χ3n) is 10.9. The molecule has 10 atom stereocenters. The largest absolute Gasteiger partial charge is 0.397 e. The molecule has 0 amide bonds. The average Bonchev–Trinajstić information content (AvgIpc) is 3.04. The van der Waals surface area contributed by atoms with E-state index in [0.717, 1.165) is 12.8 Å². The third kappa shape index (κ3) is 4.02. The van der Waals surface area contributed by atoms with Gasteiger partial charge in [-0.05, 0) is 97.2 Å². The van der Waals surface area contributed by atoms with Crippen LogP contribution in [0.25, 0.3) is 0 Å². The van der Waals surface area contributed by atoms with Gasteiger partial charge in [-0.1, -0.05) is 47.0 Å². The Bertz CT molecular complexity index is 753. The van der Waals surface area contributed by atoms with Crippen molar-refractivity contribution in [3.05, 3.63) is 0 Å². The molecule has 5 nitrogen and oxygen atoms in total. The molecule has 0 aromatic heterocycles. The molecular weight excluding hydrogens is 412 g/mol. The van der Waals surface area contributed by atoms with Gasteiger partial charge in [-0.15, -0.1) is 0 Å². The molecule has 0 heterocycles. The lowest BCUT2D eigenvalue weighted by Crippen LogP contribution is -2.61. The fourth-order valence-corrected chi connectivity index (χ4v) is 9.86. The van der Waals surface area contributed by atoms with E-state index >= 15 is 0 Å². The van der Waals surface area contributed by atoms with Crippen molar-refractivity contribution in [1.29, 1.82) is 0 Å². The molecular formula is C25H44O5S. The van der Waals surface area contributed by atoms with Crippen LogP contribution in [0.3, 0.4) is 0 Å². The van der Waals surface area contributed by atoms with Gasteiger partial charge in [0.25, 0.3) is 0 Å². The Morgan fingerprint density at radius 3 is 2.39 bits per heavy atom. The van der Waals surface area contributed by atoms with E-state index in [4.69, 9.17) is 4.55 Å². The summed E-state index contributed by atoms with van der Waals surface area (Å²) in [7, 11) is -4.37. The first kappa shape index (κ1) is 24.0. The Kier molecular flexibility index (Phi) is 6.62. The molecule has 6 heteroatoms. The summed E-state index contributed by atoms with van der Waals surface area (Å²) in [5, 5.41) is 11.7. The van der Waals surface area contributed by atoms with Crippen LogP contribution in [0.1, 0.15) is 91.9 Å². The van der Waals surface area contributed by atoms with E-state index in [-0.39, 0.29) is 18.1 Å². The summed E-state index contributed by atoms with van der Waals surface area (Å²) < 4.78 is 35.4. The number of rotatable bonds is 6. The number of hydrogen-bond acceptors (Lipinski definition) is 4. The molecule has 4 rings (SSSR count). The highest BCUT2D eigenvalue weighted by Gasteiger charge is 2.64. The zero-order valence-corrected chi connectivity index (χ0v) is 20.7. The van der Waals surface area contributed by atoms with Crippen LogP contribution in [0.15, 0.2) is 0 Å². The first-order valence-electron chi connectivity index (χ1n) is 12.8. The van der Waals surface area contributed by atoms with Crippen molar-refractivity contribution >= 4 is 10.4 Å². The van der Waals surface area contributed by atoms with E-state index in [1.807, 2.05) is 0 Å². The molecule has 4 aliphatic rings. The lowest BCUT2D eigenvalue weighted by Gasteiger charge is -2.64. The van der Waals surface area contributed by atoms with Gasteiger partial charge in [0.05, 0.1) is 12.7 Å². The van der Waals surface area contributed by atoms with Crippen LogP contribution < -0.4 is 0 Å². The molecule has 180 valence electrons. The van der Waals surface area contributed by atoms with Gasteiger partial charge in [0, 0.05) is 0 Å². The fourth-order valence-electron chi connectivity index (χ4n) is 9.55. The van der Waals surface area contributed by atoms with Gasteiger partial charge in [-0.3, -0.25) is 4.55 Å². The van der Waals surface area contributed by atoms with Gasteiger partial charge in [0.1, 0.15) is 0 Å². The summed E-state index contributed by atoms with van der Waals surface area (Å²) in [6.07, 6.45) is 11.6. The molecule has 2 N–H and O–H groups in total. The zero-order chi connectivity index (χ0) is 22.6. The summed E-state index contributed by atoms with van der Waals surface area (Å²) in [5.41, 5.74) is 0.590. The molecule has 5 unspecified atom stereocenters. The van der Waals surface area contributed by atoms with Gasteiger partial charge in [0.2, 0.25) is 0 Å². The van der Waals surface area contributed by atoms with E-state index in [1.54, 1.807) is 0 Å². The van der Waals surface area contributed by atoms with E-state index < -0.39 is 10.4 Å². The summed E-state index contributed by atoms with van der Waals surface area (Å²) >= 11 is 0. The van der Waals surface area contributed by atoms with Crippen molar-refractivity contribution in [1.82, 2.24) is 0 Å². The second-order valence-electron chi connectivity index (χ2n) is 12.0. The van der Waals surface area contributed by atoms with Crippen molar-refractivity contribution in [3.63, 3.8) is 0 Å². The molecule has 0 radical (unpaired) electrons. The van der Waals surface area contributed by atoms with Crippen LogP contribution >= 0.6 is 0 Å². The Balaban J connectivity index is 1.55. The topological polar surface area (TPSA) is 83.8 Å². The van der Waals surface area contributed by atoms with E-state index in [0.29, 0.717) is 53.3 Å². The maximum Gasteiger partial charge on any atom is 0.397 e. The van der Waals surface area contributed by atoms with Crippen molar-refractivity contribution in [3.8, 4) is 0 Å². The lowest BCUT2D eigenvalue weighted by atomic mass is 9.41. The monoisotopic (exact) mass is 456 g/mol. The Labute approximate surface area is 189 Å². The molecule has 0 spiro atoms. The number of fused-ring (bicyclic) bond motifs is 5. The zero-order valence-electron chi connectivity index (χ0n) is 19.9. The Morgan fingerprint density at radius 1 is 1.00 bits per heavy atom. The van der Waals surface area contributed by atoms with E-state index in [1.165, 1.54) is 44.9 Å². The smallest absolute Gasteiger partial charge is 0.393 e. The number of aliphatic hydroxyl groups excluding tert-OH is 1. The molecule has 4 aliphatic carbocycles. The van der Waals surface area contributed by atoms with Gasteiger partial charge in [-0.25, -0.2) is 4.18 Å². The van der Waals surface area contributed by atoms with Crippen LogP contribution in [-0.4, -0.2) is 30.8 Å². The van der Waals surface area contributed by atoms with Crippen molar-refractivity contribution in [2.75, 3.05) is 6.61 Å². The highest BCUT2D eigenvalue weighted by atomic mass is 32.3. The van der Waals surface area contributed by atoms with Crippen LogP contribution in [0.5, 0.6) is 0 Å². The second kappa shape index (κ2) is 8.56. The standard InChI is InChI=1S/C25H44O5S/c1-5-17-19-8-6-7-13-24(19,3)21-11-14-25(4)18(9-10-20(25)22(21)23(17)26)16(2)12-15-30-31(27,28)29/h16-23,26H,5-15H2,1-4H3,(H,27,28,29)/t16?,17-,18?,19+,20?,21?,22?,23-,24+,25-/m1/s1. The number of hydrogen-bond donors (Lipinski definition) is 2. The minimum Gasteiger partial charge on any atom is -0.393 e. The predicted octanol–water partition coefficient (Wildman–Crippen LogP) is 5.49. The normalized spacial score (nSPS) is 48.5. The predicted molar refractivity (Wildman–Crippen MR) is 122 cm³/mol. The molecule has 4 saturated carbocycles. The third-order valence-corrected chi connectivity index (χ3v) is 11.4. The summed E-state index contributed by atoms with van der Waals surface area (Å²) in [6, 6.07) is 0. The minimum absolute atomic E-state index is 0.0452. The quantitative estimate of drug-likeness (QED) is 0.517.